The number of phenols is 2. The predicted molar refractivity (Wildman–Crippen MR) is 118 cm³/mol. The number of benzene rings is 3. The number of azo groups is 1. The molecule has 0 amide bonds. The van der Waals surface area contributed by atoms with Gasteiger partial charge in [0.2, 0.25) is 0 Å². The highest BCUT2D eigenvalue weighted by Crippen LogP contribution is 2.48. The summed E-state index contributed by atoms with van der Waals surface area (Å²) >= 11 is 0. The average Bonchev–Trinajstić information content (AvgIpc) is 2.72. The third-order valence-corrected chi connectivity index (χ3v) is 7.21. The number of non-ortho nitro benzene ring substituents is 1. The number of fused-ring (bicyclic) bond motifs is 1. The molecule has 3 rings (SSSR count). The first-order valence-electron chi connectivity index (χ1n) is 8.77. The van der Waals surface area contributed by atoms with E-state index in [1.54, 1.807) is 0 Å². The summed E-state index contributed by atoms with van der Waals surface area (Å²) < 4.78 is 99.1. The van der Waals surface area contributed by atoms with Gasteiger partial charge in [0, 0.05) is 23.6 Å². The maximum Gasteiger partial charge on any atom is 0.297 e. The number of nitrogens with zero attached hydrogens (tertiary/aromatic N) is 3. The van der Waals surface area contributed by atoms with Crippen LogP contribution in [-0.4, -0.2) is 54.0 Å². The minimum Gasteiger partial charge on any atom is -0.506 e. The van der Waals surface area contributed by atoms with Gasteiger partial charge in [0.25, 0.3) is 36.0 Å². The molecule has 3 aromatic rings. The minimum absolute atomic E-state index is 0.405. The van der Waals surface area contributed by atoms with E-state index in [0.717, 1.165) is 6.07 Å². The van der Waals surface area contributed by atoms with Gasteiger partial charge in [-0.25, -0.2) is 0 Å². The van der Waals surface area contributed by atoms with E-state index in [1.807, 2.05) is 0 Å². The standard InChI is InChI=1S/C16H12N4O13S3/c17-14-9(21)5-10(34(25,26)27)7-4-12(36(31,32)33)15(16(22)13(7)14)19-18-8-2-1-6(20(23)24)3-11(8)35(28,29)30/h1-5,21-22H,17H2,(H,25,26,27)(H,28,29,30)(H,31,32,33). The molecule has 0 unspecified atom stereocenters. The second-order valence-electron chi connectivity index (χ2n) is 6.84. The molecule has 20 heteroatoms. The lowest BCUT2D eigenvalue weighted by atomic mass is 10.1. The molecule has 0 radical (unpaired) electrons. The number of phenolic OH excluding ortho intramolecular Hbond substituents is 2. The molecule has 36 heavy (non-hydrogen) atoms. The fourth-order valence-corrected chi connectivity index (χ4v) is 5.02. The van der Waals surface area contributed by atoms with Crippen LogP contribution in [0.4, 0.5) is 22.7 Å². The number of nitrogen functional groups attached to an aromatic ring is 1. The van der Waals surface area contributed by atoms with Gasteiger partial charge in [-0.1, -0.05) is 0 Å². The van der Waals surface area contributed by atoms with Gasteiger partial charge in [0.1, 0.15) is 31.8 Å². The van der Waals surface area contributed by atoms with E-state index in [-0.39, 0.29) is 0 Å². The molecule has 7 N–H and O–H groups in total. The summed E-state index contributed by atoms with van der Waals surface area (Å²) in [6, 6.07) is 2.71. The largest absolute Gasteiger partial charge is 0.506 e. The van der Waals surface area contributed by atoms with Crippen molar-refractivity contribution in [3.63, 3.8) is 0 Å². The maximum absolute atomic E-state index is 12.0. The third kappa shape index (κ3) is 4.89. The van der Waals surface area contributed by atoms with Crippen LogP contribution in [0.3, 0.4) is 0 Å². The Morgan fingerprint density at radius 3 is 1.86 bits per heavy atom. The molecule has 0 bridgehead atoms. The van der Waals surface area contributed by atoms with Gasteiger partial charge in [-0.05, 0) is 12.1 Å². The van der Waals surface area contributed by atoms with Crippen molar-refractivity contribution >= 4 is 63.9 Å². The normalized spacial score (nSPS) is 12.9. The number of aromatic hydroxyl groups is 2. The van der Waals surface area contributed by atoms with Crippen molar-refractivity contribution < 1.29 is 54.0 Å². The average molecular weight is 564 g/mol. The Kier molecular flexibility index (Phi) is 6.38. The van der Waals surface area contributed by atoms with Gasteiger partial charge in [-0.3, -0.25) is 23.8 Å². The Labute approximate surface area is 200 Å². The number of nitrogens with two attached hydrogens (primary N) is 1. The number of hydrogen-bond acceptors (Lipinski definition) is 13. The predicted octanol–water partition coefficient (Wildman–Crippen LogP) is 1.90. The summed E-state index contributed by atoms with van der Waals surface area (Å²) in [5.41, 5.74) is 2.21. The van der Waals surface area contributed by atoms with Crippen molar-refractivity contribution in [1.82, 2.24) is 0 Å². The zero-order valence-electron chi connectivity index (χ0n) is 17.0. The molecular formula is C16H12N4O13S3. The molecule has 0 aliphatic heterocycles. The fourth-order valence-electron chi connectivity index (χ4n) is 3.03. The Bertz CT molecular complexity index is 1820. The van der Waals surface area contributed by atoms with Gasteiger partial charge >= 0.3 is 0 Å². The Morgan fingerprint density at radius 2 is 1.36 bits per heavy atom. The van der Waals surface area contributed by atoms with Crippen LogP contribution in [0.15, 0.2) is 55.2 Å². The van der Waals surface area contributed by atoms with Crippen molar-refractivity contribution in [2.75, 3.05) is 5.73 Å². The zero-order chi connectivity index (χ0) is 27.4. The summed E-state index contributed by atoms with van der Waals surface area (Å²) in [6.45, 7) is 0. The summed E-state index contributed by atoms with van der Waals surface area (Å²) in [5.74, 6) is -2.27. The lowest BCUT2D eigenvalue weighted by Gasteiger charge is -2.14. The van der Waals surface area contributed by atoms with E-state index >= 15 is 0 Å². The van der Waals surface area contributed by atoms with Crippen LogP contribution >= 0.6 is 0 Å². The highest BCUT2D eigenvalue weighted by molar-refractivity contribution is 7.86. The van der Waals surface area contributed by atoms with E-state index in [2.05, 4.69) is 10.2 Å². The van der Waals surface area contributed by atoms with E-state index in [9.17, 15) is 59.2 Å². The second kappa shape index (κ2) is 8.61. The second-order valence-corrected chi connectivity index (χ2v) is 11.0. The first-order valence-corrected chi connectivity index (χ1v) is 13.1. The van der Waals surface area contributed by atoms with Crippen LogP contribution in [0.2, 0.25) is 0 Å². The molecule has 0 atom stereocenters. The summed E-state index contributed by atoms with van der Waals surface area (Å²) in [5, 5.41) is 36.7. The molecule has 0 aliphatic rings. The van der Waals surface area contributed by atoms with Gasteiger partial charge in [-0.15, -0.1) is 10.2 Å². The molecule has 192 valence electrons. The summed E-state index contributed by atoms with van der Waals surface area (Å²) in [7, 11) is -15.6. The number of hydrogen-bond donors (Lipinski definition) is 6. The number of rotatable bonds is 6. The first-order chi connectivity index (χ1) is 16.3. The molecule has 17 nitrogen and oxygen atoms in total. The van der Waals surface area contributed by atoms with Gasteiger partial charge < -0.3 is 15.9 Å². The highest BCUT2D eigenvalue weighted by atomic mass is 32.2. The Morgan fingerprint density at radius 1 is 0.806 bits per heavy atom. The first kappa shape index (κ1) is 26.7. The molecule has 0 saturated heterocycles. The third-order valence-electron chi connectivity index (χ3n) is 4.56. The van der Waals surface area contributed by atoms with Crippen molar-refractivity contribution in [1.29, 1.82) is 0 Å². The molecule has 0 aliphatic carbocycles. The van der Waals surface area contributed by atoms with Gasteiger partial charge in [0.05, 0.1) is 16.0 Å². The van der Waals surface area contributed by atoms with Gasteiger partial charge in [-0.2, -0.15) is 25.3 Å². The van der Waals surface area contributed by atoms with Gasteiger partial charge in [0.15, 0.2) is 5.75 Å². The topological polar surface area (TPSA) is 297 Å². The summed E-state index contributed by atoms with van der Waals surface area (Å²) in [6.07, 6.45) is 0. The number of nitro benzene ring substituents is 1. The van der Waals surface area contributed by atoms with Crippen LogP contribution in [0, 0.1) is 10.1 Å². The SMILES string of the molecule is Nc1c(O)cc(S(=O)(=O)O)c2cc(S(=O)(=O)O)c(N=Nc3ccc([N+](=O)[O-])cc3S(=O)(=O)O)c(O)c12. The summed E-state index contributed by atoms with van der Waals surface area (Å²) in [4.78, 5) is 6.35. The van der Waals surface area contributed by atoms with E-state index < -0.39 is 95.0 Å². The fraction of sp³-hybridized carbons (Fsp3) is 0. The van der Waals surface area contributed by atoms with Crippen LogP contribution < -0.4 is 5.73 Å². The molecule has 0 saturated carbocycles. The van der Waals surface area contributed by atoms with Crippen molar-refractivity contribution in [3.05, 3.63) is 40.4 Å². The van der Waals surface area contributed by atoms with Crippen molar-refractivity contribution in [2.24, 2.45) is 10.2 Å². The quantitative estimate of drug-likeness (QED) is 0.0622. The van der Waals surface area contributed by atoms with Crippen molar-refractivity contribution in [3.8, 4) is 11.5 Å². The van der Waals surface area contributed by atoms with E-state index in [0.29, 0.717) is 24.3 Å². The van der Waals surface area contributed by atoms with E-state index in [1.165, 1.54) is 0 Å². The van der Waals surface area contributed by atoms with E-state index in [4.69, 9.17) is 5.73 Å². The Hall–Kier alpha value is -3.95. The highest BCUT2D eigenvalue weighted by Gasteiger charge is 2.28. The minimum atomic E-state index is -5.34. The smallest absolute Gasteiger partial charge is 0.297 e. The number of anilines is 1. The van der Waals surface area contributed by atoms with Crippen LogP contribution in [-0.2, 0) is 30.4 Å². The molecule has 0 aromatic heterocycles. The van der Waals surface area contributed by atoms with Crippen molar-refractivity contribution in [2.45, 2.75) is 14.7 Å². The zero-order valence-corrected chi connectivity index (χ0v) is 19.5. The Balaban J connectivity index is 2.45. The molecule has 0 spiro atoms. The monoisotopic (exact) mass is 564 g/mol. The number of nitro groups is 1. The molecule has 3 aromatic carbocycles. The lowest BCUT2D eigenvalue weighted by Crippen LogP contribution is -2.04. The van der Waals surface area contributed by atoms with Crippen LogP contribution in [0.1, 0.15) is 0 Å². The molecule has 0 heterocycles. The molecular weight excluding hydrogens is 552 g/mol. The molecule has 0 fully saturated rings. The van der Waals surface area contributed by atoms with Crippen LogP contribution in [0.25, 0.3) is 10.8 Å². The maximum atomic E-state index is 12.0. The lowest BCUT2D eigenvalue weighted by molar-refractivity contribution is -0.385. The van der Waals surface area contributed by atoms with Crippen LogP contribution in [0.5, 0.6) is 11.5 Å².